The van der Waals surface area contributed by atoms with Crippen molar-refractivity contribution in [1.82, 2.24) is 19.8 Å². The molecule has 2 N–H and O–H groups in total. The van der Waals surface area contributed by atoms with Gasteiger partial charge in [-0.25, -0.2) is 0 Å². The molecule has 0 aliphatic carbocycles. The van der Waals surface area contributed by atoms with Crippen LogP contribution in [0.25, 0.3) is 28.2 Å². The van der Waals surface area contributed by atoms with Crippen LogP contribution in [0, 0.1) is 0 Å². The van der Waals surface area contributed by atoms with Gasteiger partial charge in [-0.2, -0.15) is 9.61 Å². The number of carbonyl (C=O) groups excluding carboxylic acids is 1. The van der Waals surface area contributed by atoms with Crippen molar-refractivity contribution in [2.75, 3.05) is 5.75 Å². The van der Waals surface area contributed by atoms with Crippen molar-refractivity contribution < 1.29 is 9.21 Å². The number of aromatic nitrogens is 4. The van der Waals surface area contributed by atoms with Gasteiger partial charge in [0.05, 0.1) is 5.75 Å². The molecule has 114 valence electrons. The number of nitrogens with zero attached hydrogens (tertiary/aromatic N) is 4. The largest absolute Gasteiger partial charge is 0.453 e. The Bertz CT molecular complexity index is 990. The van der Waals surface area contributed by atoms with E-state index >= 15 is 0 Å². The monoisotopic (exact) mass is 325 g/mol. The zero-order valence-corrected chi connectivity index (χ0v) is 12.7. The van der Waals surface area contributed by atoms with Gasteiger partial charge in [0, 0.05) is 5.39 Å². The van der Waals surface area contributed by atoms with Gasteiger partial charge in [0.1, 0.15) is 10.6 Å². The van der Waals surface area contributed by atoms with Crippen LogP contribution in [0.5, 0.6) is 0 Å². The Labute approximate surface area is 134 Å². The van der Waals surface area contributed by atoms with Crippen molar-refractivity contribution in [1.29, 1.82) is 0 Å². The van der Waals surface area contributed by atoms with Crippen LogP contribution in [-0.2, 0) is 4.79 Å². The molecule has 0 spiro atoms. The quantitative estimate of drug-likeness (QED) is 0.577. The molecule has 8 heteroatoms. The molecule has 7 nitrogen and oxygen atoms in total. The maximum absolute atomic E-state index is 10.9. The number of thioether (sulfide) groups is 1. The first-order valence-corrected chi connectivity index (χ1v) is 7.82. The predicted molar refractivity (Wildman–Crippen MR) is 85.9 cm³/mol. The van der Waals surface area contributed by atoms with Gasteiger partial charge < -0.3 is 10.2 Å². The number of primary amides is 1. The second-order valence-corrected chi connectivity index (χ2v) is 5.86. The molecule has 0 bridgehead atoms. The van der Waals surface area contributed by atoms with E-state index in [1.165, 1.54) is 11.8 Å². The van der Waals surface area contributed by atoms with Crippen molar-refractivity contribution in [2.45, 2.75) is 5.03 Å². The number of benzene rings is 1. The summed E-state index contributed by atoms with van der Waals surface area (Å²) < 4.78 is 7.41. The summed E-state index contributed by atoms with van der Waals surface area (Å²) in [5, 5.41) is 14.3. The molecule has 4 rings (SSSR count). The van der Waals surface area contributed by atoms with Crippen LogP contribution >= 0.6 is 11.8 Å². The van der Waals surface area contributed by atoms with Gasteiger partial charge in [0.2, 0.25) is 11.7 Å². The fraction of sp³-hybridized carbons (Fsp3) is 0.0667. The van der Waals surface area contributed by atoms with Crippen LogP contribution in [-0.4, -0.2) is 31.5 Å². The van der Waals surface area contributed by atoms with Crippen LogP contribution in [0.1, 0.15) is 0 Å². The highest BCUT2D eigenvalue weighted by molar-refractivity contribution is 7.99. The Kier molecular flexibility index (Phi) is 3.23. The van der Waals surface area contributed by atoms with Gasteiger partial charge in [-0.05, 0) is 24.3 Å². The van der Waals surface area contributed by atoms with E-state index in [4.69, 9.17) is 10.2 Å². The normalized spacial score (nSPS) is 11.3. The topological polar surface area (TPSA) is 99.3 Å². The van der Waals surface area contributed by atoms with Crippen molar-refractivity contribution in [3.63, 3.8) is 0 Å². The third-order valence-electron chi connectivity index (χ3n) is 3.25. The summed E-state index contributed by atoms with van der Waals surface area (Å²) in [7, 11) is 0. The number of rotatable bonds is 4. The summed E-state index contributed by atoms with van der Waals surface area (Å²) in [5.74, 6) is 0.875. The summed E-state index contributed by atoms with van der Waals surface area (Å²) in [6.07, 6.45) is 0. The highest BCUT2D eigenvalue weighted by Gasteiger charge is 2.14. The number of amides is 1. The lowest BCUT2D eigenvalue weighted by atomic mass is 10.2. The van der Waals surface area contributed by atoms with Crippen LogP contribution in [0.2, 0.25) is 0 Å². The van der Waals surface area contributed by atoms with E-state index in [0.717, 1.165) is 11.0 Å². The minimum atomic E-state index is -0.391. The highest BCUT2D eigenvalue weighted by Crippen LogP contribution is 2.27. The maximum Gasteiger partial charge on any atom is 0.227 e. The molecular weight excluding hydrogens is 314 g/mol. The molecule has 0 fully saturated rings. The number of para-hydroxylation sites is 1. The van der Waals surface area contributed by atoms with Crippen LogP contribution in [0.4, 0.5) is 0 Å². The lowest BCUT2D eigenvalue weighted by molar-refractivity contribution is -0.115. The van der Waals surface area contributed by atoms with E-state index in [-0.39, 0.29) is 5.75 Å². The highest BCUT2D eigenvalue weighted by atomic mass is 32.2. The Morgan fingerprint density at radius 1 is 1.22 bits per heavy atom. The molecule has 1 amide bonds. The Morgan fingerprint density at radius 2 is 2.09 bits per heavy atom. The lowest BCUT2D eigenvalue weighted by Gasteiger charge is -2.00. The number of carbonyl (C=O) groups is 1. The van der Waals surface area contributed by atoms with E-state index in [1.807, 2.05) is 30.3 Å². The third kappa shape index (κ3) is 2.53. The second kappa shape index (κ2) is 5.40. The van der Waals surface area contributed by atoms with E-state index in [2.05, 4.69) is 15.3 Å². The molecule has 23 heavy (non-hydrogen) atoms. The SMILES string of the molecule is NC(=O)CSc1ccc2nnc(-c3cc4ccccc4o3)n2n1. The summed E-state index contributed by atoms with van der Waals surface area (Å²) in [5.41, 5.74) is 6.54. The van der Waals surface area contributed by atoms with Crippen molar-refractivity contribution in [3.05, 3.63) is 42.5 Å². The summed E-state index contributed by atoms with van der Waals surface area (Å²) >= 11 is 1.26. The lowest BCUT2D eigenvalue weighted by Crippen LogP contribution is -2.13. The maximum atomic E-state index is 10.9. The van der Waals surface area contributed by atoms with Crippen LogP contribution in [0.3, 0.4) is 0 Å². The fourth-order valence-corrected chi connectivity index (χ4v) is 2.83. The summed E-state index contributed by atoms with van der Waals surface area (Å²) in [4.78, 5) is 10.9. The van der Waals surface area contributed by atoms with E-state index in [0.29, 0.717) is 22.3 Å². The van der Waals surface area contributed by atoms with Gasteiger partial charge >= 0.3 is 0 Å². The molecule has 3 aromatic heterocycles. The minimum absolute atomic E-state index is 0.167. The molecule has 0 atom stereocenters. The fourth-order valence-electron chi connectivity index (χ4n) is 2.24. The number of fused-ring (bicyclic) bond motifs is 2. The molecule has 4 aromatic rings. The van der Waals surface area contributed by atoms with Crippen molar-refractivity contribution >= 4 is 34.3 Å². The number of hydrogen-bond acceptors (Lipinski definition) is 6. The molecule has 0 saturated carbocycles. The van der Waals surface area contributed by atoms with Crippen molar-refractivity contribution in [3.8, 4) is 11.6 Å². The average molecular weight is 325 g/mol. The van der Waals surface area contributed by atoms with E-state index in [1.54, 1.807) is 16.6 Å². The van der Waals surface area contributed by atoms with Gasteiger partial charge in [-0.3, -0.25) is 4.79 Å². The average Bonchev–Trinajstić information content (AvgIpc) is 3.15. The Hall–Kier alpha value is -2.87. The second-order valence-electron chi connectivity index (χ2n) is 4.87. The minimum Gasteiger partial charge on any atom is -0.453 e. The Balaban J connectivity index is 1.79. The zero-order chi connectivity index (χ0) is 15.8. The zero-order valence-electron chi connectivity index (χ0n) is 11.8. The number of furan rings is 1. The standard InChI is InChI=1S/C15H11N5O2S/c16-12(21)8-23-14-6-5-13-17-18-15(20(13)19-14)11-7-9-3-1-2-4-10(9)22-11/h1-7H,8H2,(H2,16,21). The molecule has 0 unspecified atom stereocenters. The first-order valence-electron chi connectivity index (χ1n) is 6.83. The smallest absolute Gasteiger partial charge is 0.227 e. The molecule has 0 radical (unpaired) electrons. The summed E-state index contributed by atoms with van der Waals surface area (Å²) in [6.45, 7) is 0. The van der Waals surface area contributed by atoms with Crippen LogP contribution in [0.15, 0.2) is 51.9 Å². The first-order chi connectivity index (χ1) is 11.2. The molecule has 1 aromatic carbocycles. The van der Waals surface area contributed by atoms with Gasteiger partial charge in [-0.15, -0.1) is 10.2 Å². The van der Waals surface area contributed by atoms with Gasteiger partial charge in [0.15, 0.2) is 11.4 Å². The number of nitrogens with two attached hydrogens (primary N) is 1. The summed E-state index contributed by atoms with van der Waals surface area (Å²) in [6, 6.07) is 13.2. The van der Waals surface area contributed by atoms with Crippen molar-refractivity contribution in [2.24, 2.45) is 5.73 Å². The third-order valence-corrected chi connectivity index (χ3v) is 4.19. The molecule has 0 saturated heterocycles. The van der Waals surface area contributed by atoms with E-state index in [9.17, 15) is 4.79 Å². The van der Waals surface area contributed by atoms with E-state index < -0.39 is 5.91 Å². The van der Waals surface area contributed by atoms with Gasteiger partial charge in [-0.1, -0.05) is 30.0 Å². The molecule has 0 aliphatic heterocycles. The Morgan fingerprint density at radius 3 is 2.91 bits per heavy atom. The first kappa shape index (κ1) is 13.8. The molecule has 0 aliphatic rings. The number of hydrogen-bond donors (Lipinski definition) is 1. The predicted octanol–water partition coefficient (Wildman–Crippen LogP) is 2.11. The molecule has 3 heterocycles. The van der Waals surface area contributed by atoms with Gasteiger partial charge in [0.25, 0.3) is 0 Å². The van der Waals surface area contributed by atoms with Crippen LogP contribution < -0.4 is 5.73 Å². The molecular formula is C15H11N5O2S.